The number of carbonyl (C=O) groups excluding carboxylic acids is 1. The molecule has 0 aliphatic rings. The van der Waals surface area contributed by atoms with Crippen molar-refractivity contribution >= 4 is 34.2 Å². The predicted molar refractivity (Wildman–Crippen MR) is 109 cm³/mol. The van der Waals surface area contributed by atoms with Crippen LogP contribution in [0.25, 0.3) is 11.0 Å². The minimum atomic E-state index is -0.506. The van der Waals surface area contributed by atoms with Crippen molar-refractivity contribution in [1.82, 2.24) is 19.0 Å². The Balaban J connectivity index is 1.96. The van der Waals surface area contributed by atoms with Gasteiger partial charge in [-0.15, -0.1) is 0 Å². The van der Waals surface area contributed by atoms with E-state index < -0.39 is 17.2 Å². The average molecular weight is 402 g/mol. The number of benzene rings is 1. The van der Waals surface area contributed by atoms with Crippen molar-refractivity contribution in [2.45, 2.75) is 6.54 Å². The summed E-state index contributed by atoms with van der Waals surface area (Å²) in [6.07, 6.45) is 0. The monoisotopic (exact) mass is 401 g/mol. The van der Waals surface area contributed by atoms with Crippen LogP contribution in [0, 0.1) is 0 Å². The highest BCUT2D eigenvalue weighted by Gasteiger charge is 2.14. The summed E-state index contributed by atoms with van der Waals surface area (Å²) < 4.78 is 2.24. The number of halogens is 1. The molecular formula is C19H20ClN5O3. The van der Waals surface area contributed by atoms with Gasteiger partial charge >= 0.3 is 5.69 Å². The standard InChI is InChI=1S/C19H20ClN5O3/c1-23(2)10-11-9-12(5-7-14(11)20)21-17(26)15-8-6-13-16(22-15)24(3)19(28)25(4)18(13)27/h5-9H,10H2,1-4H3,(H,21,26). The topological polar surface area (TPSA) is 89.2 Å². The third-order valence-corrected chi connectivity index (χ3v) is 4.69. The summed E-state index contributed by atoms with van der Waals surface area (Å²) in [6.45, 7) is 0.627. The van der Waals surface area contributed by atoms with Crippen LogP contribution in [-0.4, -0.2) is 39.0 Å². The molecular weight excluding hydrogens is 382 g/mol. The van der Waals surface area contributed by atoms with Gasteiger partial charge in [-0.2, -0.15) is 0 Å². The normalized spacial score (nSPS) is 11.2. The molecule has 0 unspecified atom stereocenters. The Morgan fingerprint density at radius 2 is 1.86 bits per heavy atom. The molecule has 2 heterocycles. The molecule has 0 atom stereocenters. The number of anilines is 1. The second kappa shape index (κ2) is 7.57. The summed E-state index contributed by atoms with van der Waals surface area (Å²) in [5.41, 5.74) is 0.745. The number of rotatable bonds is 4. The van der Waals surface area contributed by atoms with E-state index in [4.69, 9.17) is 11.6 Å². The van der Waals surface area contributed by atoms with E-state index in [1.165, 1.54) is 30.8 Å². The van der Waals surface area contributed by atoms with Gasteiger partial charge in [0.15, 0.2) is 0 Å². The fourth-order valence-corrected chi connectivity index (χ4v) is 3.07. The number of nitrogens with one attached hydrogen (secondary N) is 1. The minimum Gasteiger partial charge on any atom is -0.321 e. The summed E-state index contributed by atoms with van der Waals surface area (Å²) in [7, 11) is 6.76. The van der Waals surface area contributed by atoms with Gasteiger partial charge in [0.1, 0.15) is 11.3 Å². The van der Waals surface area contributed by atoms with Crippen molar-refractivity contribution in [3.8, 4) is 0 Å². The van der Waals surface area contributed by atoms with Gasteiger partial charge in [-0.3, -0.25) is 18.7 Å². The first-order valence-corrected chi connectivity index (χ1v) is 8.88. The highest BCUT2D eigenvalue weighted by molar-refractivity contribution is 6.31. The molecule has 0 saturated carbocycles. The third-order valence-electron chi connectivity index (χ3n) is 4.32. The molecule has 3 rings (SSSR count). The number of pyridine rings is 1. The zero-order valence-corrected chi connectivity index (χ0v) is 16.7. The number of hydrogen-bond donors (Lipinski definition) is 1. The van der Waals surface area contributed by atoms with Crippen LogP contribution in [0.3, 0.4) is 0 Å². The number of hydrogen-bond acceptors (Lipinski definition) is 5. The number of carbonyl (C=O) groups is 1. The number of fused-ring (bicyclic) bond motifs is 1. The lowest BCUT2D eigenvalue weighted by Gasteiger charge is -2.13. The molecule has 8 nitrogen and oxygen atoms in total. The van der Waals surface area contributed by atoms with Crippen LogP contribution in [-0.2, 0) is 20.6 Å². The maximum atomic E-state index is 12.6. The first-order chi connectivity index (χ1) is 13.2. The van der Waals surface area contributed by atoms with Gasteiger partial charge in [0.05, 0.1) is 5.39 Å². The third kappa shape index (κ3) is 3.69. The highest BCUT2D eigenvalue weighted by atomic mass is 35.5. The van der Waals surface area contributed by atoms with Crippen molar-refractivity contribution in [3.05, 3.63) is 67.4 Å². The predicted octanol–water partition coefficient (Wildman–Crippen LogP) is 1.60. The van der Waals surface area contributed by atoms with E-state index in [2.05, 4.69) is 10.3 Å². The van der Waals surface area contributed by atoms with Crippen molar-refractivity contribution in [2.24, 2.45) is 14.1 Å². The lowest BCUT2D eigenvalue weighted by atomic mass is 10.2. The molecule has 2 aromatic heterocycles. The van der Waals surface area contributed by atoms with E-state index in [0.717, 1.165) is 10.1 Å². The van der Waals surface area contributed by atoms with Gasteiger partial charge < -0.3 is 10.2 Å². The molecule has 3 aromatic rings. The van der Waals surface area contributed by atoms with E-state index in [9.17, 15) is 14.4 Å². The Bertz CT molecular complexity index is 1200. The van der Waals surface area contributed by atoms with E-state index >= 15 is 0 Å². The first kappa shape index (κ1) is 19.8. The molecule has 1 aromatic carbocycles. The second-order valence-corrected chi connectivity index (χ2v) is 7.18. The average Bonchev–Trinajstić information content (AvgIpc) is 2.66. The van der Waals surface area contributed by atoms with Crippen molar-refractivity contribution in [1.29, 1.82) is 0 Å². The van der Waals surface area contributed by atoms with Gasteiger partial charge in [0.25, 0.3) is 11.5 Å². The Morgan fingerprint density at radius 3 is 2.54 bits per heavy atom. The lowest BCUT2D eigenvalue weighted by Crippen LogP contribution is -2.37. The molecule has 0 aliphatic heterocycles. The maximum Gasteiger partial charge on any atom is 0.332 e. The Hall–Kier alpha value is -2.97. The summed E-state index contributed by atoms with van der Waals surface area (Å²) >= 11 is 6.20. The molecule has 0 aliphatic carbocycles. The summed E-state index contributed by atoms with van der Waals surface area (Å²) in [5, 5.41) is 3.65. The van der Waals surface area contributed by atoms with Crippen LogP contribution >= 0.6 is 11.6 Å². The molecule has 28 heavy (non-hydrogen) atoms. The molecule has 9 heteroatoms. The second-order valence-electron chi connectivity index (χ2n) is 6.77. The maximum absolute atomic E-state index is 12.6. The van der Waals surface area contributed by atoms with E-state index in [-0.39, 0.29) is 16.7 Å². The smallest absolute Gasteiger partial charge is 0.321 e. The first-order valence-electron chi connectivity index (χ1n) is 8.50. The molecule has 0 saturated heterocycles. The van der Waals surface area contributed by atoms with Crippen LogP contribution in [0.15, 0.2) is 39.9 Å². The fourth-order valence-electron chi connectivity index (χ4n) is 2.89. The van der Waals surface area contributed by atoms with Gasteiger partial charge in [-0.1, -0.05) is 11.6 Å². The quantitative estimate of drug-likeness (QED) is 0.717. The molecule has 1 N–H and O–H groups in total. The van der Waals surface area contributed by atoms with Gasteiger partial charge in [0, 0.05) is 31.4 Å². The fraction of sp³-hybridized carbons (Fsp3) is 0.263. The van der Waals surface area contributed by atoms with Gasteiger partial charge in [-0.25, -0.2) is 9.78 Å². The number of amides is 1. The largest absolute Gasteiger partial charge is 0.332 e. The Kier molecular flexibility index (Phi) is 5.35. The Morgan fingerprint density at radius 1 is 1.14 bits per heavy atom. The van der Waals surface area contributed by atoms with E-state index in [1.54, 1.807) is 18.2 Å². The molecule has 146 valence electrons. The van der Waals surface area contributed by atoms with Crippen LogP contribution in [0.1, 0.15) is 16.1 Å². The van der Waals surface area contributed by atoms with Crippen LogP contribution in [0.4, 0.5) is 5.69 Å². The number of aryl methyl sites for hydroxylation is 1. The van der Waals surface area contributed by atoms with Crippen LogP contribution < -0.4 is 16.6 Å². The molecule has 1 amide bonds. The van der Waals surface area contributed by atoms with Crippen LogP contribution in [0.2, 0.25) is 5.02 Å². The molecule has 0 bridgehead atoms. The van der Waals surface area contributed by atoms with Gasteiger partial charge in [-0.05, 0) is 50.0 Å². The molecule has 0 fully saturated rings. The minimum absolute atomic E-state index is 0.0971. The van der Waals surface area contributed by atoms with Crippen molar-refractivity contribution in [2.75, 3.05) is 19.4 Å². The molecule has 0 radical (unpaired) electrons. The summed E-state index contributed by atoms with van der Waals surface area (Å²) in [4.78, 5) is 43.2. The molecule has 0 spiro atoms. The summed E-state index contributed by atoms with van der Waals surface area (Å²) in [6, 6.07) is 8.18. The highest BCUT2D eigenvalue weighted by Crippen LogP contribution is 2.22. The van der Waals surface area contributed by atoms with Gasteiger partial charge in [0.2, 0.25) is 0 Å². The van der Waals surface area contributed by atoms with E-state index in [0.29, 0.717) is 17.3 Å². The zero-order chi connectivity index (χ0) is 20.6. The van der Waals surface area contributed by atoms with Crippen LogP contribution in [0.5, 0.6) is 0 Å². The van der Waals surface area contributed by atoms with Crippen molar-refractivity contribution < 1.29 is 4.79 Å². The number of aromatic nitrogens is 3. The lowest BCUT2D eigenvalue weighted by molar-refractivity contribution is 0.102. The summed E-state index contributed by atoms with van der Waals surface area (Å²) in [5.74, 6) is -0.451. The SMILES string of the molecule is CN(C)Cc1cc(NC(=O)c2ccc3c(=O)n(C)c(=O)n(C)c3n2)ccc1Cl. The van der Waals surface area contributed by atoms with E-state index in [1.807, 2.05) is 19.0 Å². The zero-order valence-electron chi connectivity index (χ0n) is 16.0. The number of nitrogens with zero attached hydrogens (tertiary/aromatic N) is 4. The van der Waals surface area contributed by atoms with Crippen molar-refractivity contribution in [3.63, 3.8) is 0 Å². The Labute approximate surface area is 166 Å².